The van der Waals surface area contributed by atoms with Crippen LogP contribution in [0, 0.1) is 0 Å². The number of carbonyl (C=O) groups is 1. The van der Waals surface area contributed by atoms with Crippen LogP contribution in [0.5, 0.6) is 11.5 Å². The molecule has 0 saturated heterocycles. The van der Waals surface area contributed by atoms with Crippen LogP contribution in [0.3, 0.4) is 0 Å². The number of hydrogen-bond donors (Lipinski definition) is 0. The minimum absolute atomic E-state index is 0.0935. The zero-order valence-electron chi connectivity index (χ0n) is 16.1. The molecule has 3 nitrogen and oxygen atoms in total. The molecule has 2 rings (SSSR count). The Morgan fingerprint density at radius 1 is 0.880 bits per heavy atom. The van der Waals surface area contributed by atoms with E-state index in [1.165, 1.54) is 11.1 Å². The fourth-order valence-corrected chi connectivity index (χ4v) is 2.80. The highest BCUT2D eigenvalue weighted by Crippen LogP contribution is 2.27. The van der Waals surface area contributed by atoms with Gasteiger partial charge in [0.15, 0.2) is 5.78 Å². The number of Topliss-reactive ketones (excluding diaryl/α,β-unsaturated/α-hetero) is 1. The summed E-state index contributed by atoms with van der Waals surface area (Å²) in [7, 11) is 3.24. The van der Waals surface area contributed by atoms with E-state index in [9.17, 15) is 4.79 Å². The zero-order valence-corrected chi connectivity index (χ0v) is 16.1. The van der Waals surface area contributed by atoms with Gasteiger partial charge in [-0.15, -0.1) is 0 Å². The largest absolute Gasteiger partial charge is 0.497 e. The Morgan fingerprint density at radius 2 is 1.48 bits per heavy atom. The van der Waals surface area contributed by atoms with E-state index in [0.717, 1.165) is 16.9 Å². The number of ketones is 1. The van der Waals surface area contributed by atoms with Crippen molar-refractivity contribution in [3.63, 3.8) is 0 Å². The maximum atomic E-state index is 12.9. The maximum Gasteiger partial charge on any atom is 0.167 e. The van der Waals surface area contributed by atoms with Crippen molar-refractivity contribution in [3.05, 3.63) is 58.7 Å². The molecule has 25 heavy (non-hydrogen) atoms. The SMILES string of the molecule is COc1ccc(OC)c(CC(=O)c2cc(C(C)C)cc(C(C)C)c2)c1. The number of rotatable bonds is 7. The van der Waals surface area contributed by atoms with E-state index < -0.39 is 0 Å². The summed E-state index contributed by atoms with van der Waals surface area (Å²) in [5.41, 5.74) is 4.01. The molecule has 2 aromatic rings. The summed E-state index contributed by atoms with van der Waals surface area (Å²) in [5.74, 6) is 2.30. The third-order valence-corrected chi connectivity index (χ3v) is 4.47. The molecular weight excluding hydrogens is 312 g/mol. The van der Waals surface area contributed by atoms with Gasteiger partial charge in [-0.05, 0) is 53.3 Å². The number of methoxy groups -OCH3 is 2. The van der Waals surface area contributed by atoms with Crippen LogP contribution in [0.4, 0.5) is 0 Å². The van der Waals surface area contributed by atoms with E-state index in [1.54, 1.807) is 14.2 Å². The van der Waals surface area contributed by atoms with Gasteiger partial charge in [0.05, 0.1) is 14.2 Å². The molecule has 0 heterocycles. The fraction of sp³-hybridized carbons (Fsp3) is 0.409. The molecule has 0 spiro atoms. The third-order valence-electron chi connectivity index (χ3n) is 4.47. The minimum Gasteiger partial charge on any atom is -0.497 e. The lowest BCUT2D eigenvalue weighted by molar-refractivity contribution is 0.0992. The van der Waals surface area contributed by atoms with Gasteiger partial charge in [-0.2, -0.15) is 0 Å². The summed E-state index contributed by atoms with van der Waals surface area (Å²) < 4.78 is 10.7. The van der Waals surface area contributed by atoms with E-state index in [2.05, 4.69) is 33.8 Å². The van der Waals surface area contributed by atoms with Crippen LogP contribution in [0.25, 0.3) is 0 Å². The summed E-state index contributed by atoms with van der Waals surface area (Å²) in [5, 5.41) is 0. The predicted octanol–water partition coefficient (Wildman–Crippen LogP) is 5.38. The topological polar surface area (TPSA) is 35.5 Å². The molecule has 2 aromatic carbocycles. The van der Waals surface area contributed by atoms with Gasteiger partial charge in [-0.25, -0.2) is 0 Å². The summed E-state index contributed by atoms with van der Waals surface area (Å²) >= 11 is 0. The van der Waals surface area contributed by atoms with Crippen molar-refractivity contribution in [2.24, 2.45) is 0 Å². The monoisotopic (exact) mass is 340 g/mol. The standard InChI is InChI=1S/C22H28O3/c1-14(2)16-9-17(15(3)4)11-18(10-16)21(23)13-19-12-20(24-5)7-8-22(19)25-6/h7-12,14-15H,13H2,1-6H3. The van der Waals surface area contributed by atoms with Crippen molar-refractivity contribution in [2.75, 3.05) is 14.2 Å². The first kappa shape index (κ1) is 19.0. The molecule has 0 saturated carbocycles. The van der Waals surface area contributed by atoms with E-state index in [1.807, 2.05) is 30.3 Å². The lowest BCUT2D eigenvalue weighted by atomic mass is 9.90. The van der Waals surface area contributed by atoms with Crippen LogP contribution in [-0.2, 0) is 6.42 Å². The maximum absolute atomic E-state index is 12.9. The second-order valence-electron chi connectivity index (χ2n) is 6.98. The summed E-state index contributed by atoms with van der Waals surface area (Å²) in [6.45, 7) is 8.61. The van der Waals surface area contributed by atoms with Crippen molar-refractivity contribution in [3.8, 4) is 11.5 Å². The van der Waals surface area contributed by atoms with E-state index in [-0.39, 0.29) is 5.78 Å². The van der Waals surface area contributed by atoms with Crippen LogP contribution in [0.2, 0.25) is 0 Å². The van der Waals surface area contributed by atoms with Gasteiger partial charge in [0.25, 0.3) is 0 Å². The molecule has 0 aliphatic rings. The van der Waals surface area contributed by atoms with E-state index in [0.29, 0.717) is 24.0 Å². The van der Waals surface area contributed by atoms with Gasteiger partial charge in [0, 0.05) is 17.5 Å². The lowest BCUT2D eigenvalue weighted by Crippen LogP contribution is -2.08. The molecule has 0 aromatic heterocycles. The second-order valence-corrected chi connectivity index (χ2v) is 6.98. The van der Waals surface area contributed by atoms with Gasteiger partial charge < -0.3 is 9.47 Å². The lowest BCUT2D eigenvalue weighted by Gasteiger charge is -2.15. The molecule has 0 bridgehead atoms. The minimum atomic E-state index is 0.0935. The van der Waals surface area contributed by atoms with Crippen LogP contribution in [0.15, 0.2) is 36.4 Å². The highest BCUT2D eigenvalue weighted by molar-refractivity contribution is 5.98. The second kappa shape index (κ2) is 8.19. The molecule has 0 unspecified atom stereocenters. The molecule has 3 heteroatoms. The molecule has 134 valence electrons. The molecule has 0 aliphatic heterocycles. The van der Waals surface area contributed by atoms with Crippen molar-refractivity contribution < 1.29 is 14.3 Å². The Morgan fingerprint density at radius 3 is 1.96 bits per heavy atom. The van der Waals surface area contributed by atoms with Crippen LogP contribution >= 0.6 is 0 Å². The van der Waals surface area contributed by atoms with Crippen molar-refractivity contribution in [1.82, 2.24) is 0 Å². The van der Waals surface area contributed by atoms with E-state index >= 15 is 0 Å². The molecule has 0 atom stereocenters. The Labute approximate surface area is 151 Å². The Kier molecular flexibility index (Phi) is 6.24. The summed E-state index contributed by atoms with van der Waals surface area (Å²) in [6, 6.07) is 11.8. The highest BCUT2D eigenvalue weighted by atomic mass is 16.5. The number of benzene rings is 2. The number of ether oxygens (including phenoxy) is 2. The fourth-order valence-electron chi connectivity index (χ4n) is 2.80. The van der Waals surface area contributed by atoms with Crippen molar-refractivity contribution in [2.45, 2.75) is 46.0 Å². The van der Waals surface area contributed by atoms with Crippen molar-refractivity contribution in [1.29, 1.82) is 0 Å². The zero-order chi connectivity index (χ0) is 18.6. The average Bonchev–Trinajstić information content (AvgIpc) is 2.60. The Balaban J connectivity index is 2.38. The quantitative estimate of drug-likeness (QED) is 0.635. The first-order chi connectivity index (χ1) is 11.8. The first-order valence-electron chi connectivity index (χ1n) is 8.74. The Bertz CT molecular complexity index is 719. The van der Waals surface area contributed by atoms with Gasteiger partial charge in [0.2, 0.25) is 0 Å². The van der Waals surface area contributed by atoms with Crippen LogP contribution < -0.4 is 9.47 Å². The van der Waals surface area contributed by atoms with Crippen LogP contribution in [0.1, 0.15) is 66.6 Å². The molecular formula is C22H28O3. The third kappa shape index (κ3) is 4.62. The van der Waals surface area contributed by atoms with Gasteiger partial charge >= 0.3 is 0 Å². The summed E-state index contributed by atoms with van der Waals surface area (Å²) in [6.07, 6.45) is 0.291. The van der Waals surface area contributed by atoms with E-state index in [4.69, 9.17) is 9.47 Å². The van der Waals surface area contributed by atoms with Gasteiger partial charge in [-0.1, -0.05) is 33.8 Å². The number of hydrogen-bond acceptors (Lipinski definition) is 3. The van der Waals surface area contributed by atoms with Gasteiger partial charge in [0.1, 0.15) is 11.5 Å². The van der Waals surface area contributed by atoms with Crippen molar-refractivity contribution >= 4 is 5.78 Å². The molecule has 0 amide bonds. The average molecular weight is 340 g/mol. The predicted molar refractivity (Wildman–Crippen MR) is 102 cm³/mol. The Hall–Kier alpha value is -2.29. The smallest absolute Gasteiger partial charge is 0.167 e. The van der Waals surface area contributed by atoms with Crippen LogP contribution in [-0.4, -0.2) is 20.0 Å². The van der Waals surface area contributed by atoms with Gasteiger partial charge in [-0.3, -0.25) is 4.79 Å². The summed E-state index contributed by atoms with van der Waals surface area (Å²) in [4.78, 5) is 12.9. The molecule has 0 fully saturated rings. The molecule has 0 radical (unpaired) electrons. The normalized spacial score (nSPS) is 11.0. The molecule has 0 N–H and O–H groups in total. The highest BCUT2D eigenvalue weighted by Gasteiger charge is 2.15. The first-order valence-corrected chi connectivity index (χ1v) is 8.74. The molecule has 0 aliphatic carbocycles. The number of carbonyl (C=O) groups excluding carboxylic acids is 1.